The maximum Gasteiger partial charge on any atom is 0.151 e. The van der Waals surface area contributed by atoms with Crippen LogP contribution in [0.25, 0.3) is 0 Å². The van der Waals surface area contributed by atoms with Crippen molar-refractivity contribution in [2.24, 2.45) is 11.8 Å². The van der Waals surface area contributed by atoms with Gasteiger partial charge < -0.3 is 10.3 Å². The first-order chi connectivity index (χ1) is 9.61. The summed E-state index contributed by atoms with van der Waals surface area (Å²) in [7, 11) is 0. The number of aromatic nitrogens is 2. The monoisotopic (exact) mass is 297 g/mol. The van der Waals surface area contributed by atoms with E-state index in [1.54, 1.807) is 0 Å². The number of H-pyrrole nitrogens is 1. The number of hydrogen-bond acceptors (Lipinski definition) is 2. The summed E-state index contributed by atoms with van der Waals surface area (Å²) in [6.45, 7) is 7.73. The predicted octanol–water partition coefficient (Wildman–Crippen LogP) is 4.32. The standard InChI is InChI=1S/C16H28ClN3/c1-4-5-9-15-19-14(16(17)20-15)10-18-13-8-6-7-11(2)12(13)3/h11-13,18H,4-10H2,1-3H3,(H,19,20). The summed E-state index contributed by atoms with van der Waals surface area (Å²) in [5.74, 6) is 2.59. The second kappa shape index (κ2) is 7.46. The molecule has 2 rings (SSSR count). The molecule has 1 aliphatic rings. The minimum absolute atomic E-state index is 0.609. The molecule has 1 saturated carbocycles. The Kier molecular flexibility index (Phi) is 5.91. The van der Waals surface area contributed by atoms with Gasteiger partial charge in [0.2, 0.25) is 0 Å². The topological polar surface area (TPSA) is 40.7 Å². The van der Waals surface area contributed by atoms with Crippen LogP contribution in [0.4, 0.5) is 0 Å². The third-order valence-electron chi connectivity index (χ3n) is 4.79. The van der Waals surface area contributed by atoms with Crippen LogP contribution in [0.3, 0.4) is 0 Å². The number of halogens is 1. The summed E-state index contributed by atoms with van der Waals surface area (Å²) in [6, 6.07) is 0.609. The third kappa shape index (κ3) is 3.98. The van der Waals surface area contributed by atoms with Crippen molar-refractivity contribution in [3.8, 4) is 0 Å². The lowest BCUT2D eigenvalue weighted by atomic mass is 9.78. The summed E-state index contributed by atoms with van der Waals surface area (Å²) >= 11 is 6.22. The van der Waals surface area contributed by atoms with E-state index in [1.807, 2.05) is 0 Å². The van der Waals surface area contributed by atoms with E-state index in [1.165, 1.54) is 25.7 Å². The van der Waals surface area contributed by atoms with E-state index in [4.69, 9.17) is 11.6 Å². The summed E-state index contributed by atoms with van der Waals surface area (Å²) < 4.78 is 0. The van der Waals surface area contributed by atoms with Crippen LogP contribution in [-0.4, -0.2) is 16.0 Å². The molecule has 3 unspecified atom stereocenters. The van der Waals surface area contributed by atoms with E-state index in [0.29, 0.717) is 11.2 Å². The Morgan fingerprint density at radius 3 is 2.90 bits per heavy atom. The Balaban J connectivity index is 1.88. The van der Waals surface area contributed by atoms with E-state index < -0.39 is 0 Å². The molecule has 0 bridgehead atoms. The molecule has 1 fully saturated rings. The summed E-state index contributed by atoms with van der Waals surface area (Å²) in [6.07, 6.45) is 7.32. The maximum absolute atomic E-state index is 6.22. The molecule has 0 aliphatic heterocycles. The van der Waals surface area contributed by atoms with Crippen LogP contribution in [0.5, 0.6) is 0 Å². The van der Waals surface area contributed by atoms with Crippen molar-refractivity contribution < 1.29 is 0 Å². The molecule has 0 radical (unpaired) electrons. The highest BCUT2D eigenvalue weighted by atomic mass is 35.5. The first-order valence-corrected chi connectivity index (χ1v) is 8.46. The highest BCUT2D eigenvalue weighted by molar-refractivity contribution is 6.30. The van der Waals surface area contributed by atoms with Gasteiger partial charge in [0.15, 0.2) is 5.15 Å². The van der Waals surface area contributed by atoms with Gasteiger partial charge in [-0.3, -0.25) is 0 Å². The molecular formula is C16H28ClN3. The zero-order valence-electron chi connectivity index (χ0n) is 13.0. The summed E-state index contributed by atoms with van der Waals surface area (Å²) in [5.41, 5.74) is 1.04. The Labute approximate surface area is 127 Å². The molecule has 20 heavy (non-hydrogen) atoms. The van der Waals surface area contributed by atoms with Crippen LogP contribution in [0.15, 0.2) is 0 Å². The molecule has 114 valence electrons. The van der Waals surface area contributed by atoms with E-state index in [-0.39, 0.29) is 0 Å². The van der Waals surface area contributed by atoms with E-state index in [2.05, 4.69) is 36.1 Å². The molecule has 0 amide bonds. The van der Waals surface area contributed by atoms with Crippen molar-refractivity contribution in [1.82, 2.24) is 15.3 Å². The van der Waals surface area contributed by atoms with Crippen molar-refractivity contribution in [3.63, 3.8) is 0 Å². The van der Waals surface area contributed by atoms with Gasteiger partial charge in [0.1, 0.15) is 5.82 Å². The average molecular weight is 298 g/mol. The quantitative estimate of drug-likeness (QED) is 0.821. The molecule has 3 atom stereocenters. The van der Waals surface area contributed by atoms with Crippen LogP contribution in [0.2, 0.25) is 5.15 Å². The van der Waals surface area contributed by atoms with Crippen LogP contribution in [-0.2, 0) is 13.0 Å². The molecule has 3 nitrogen and oxygen atoms in total. The van der Waals surface area contributed by atoms with E-state index in [0.717, 1.165) is 42.7 Å². The SMILES string of the molecule is CCCCc1nc(Cl)c(CNC2CCCC(C)C2C)[nH]1. The lowest BCUT2D eigenvalue weighted by Gasteiger charge is -2.34. The van der Waals surface area contributed by atoms with E-state index >= 15 is 0 Å². The van der Waals surface area contributed by atoms with Gasteiger partial charge in [-0.2, -0.15) is 0 Å². The Morgan fingerprint density at radius 2 is 2.15 bits per heavy atom. The van der Waals surface area contributed by atoms with Crippen LogP contribution in [0, 0.1) is 11.8 Å². The van der Waals surface area contributed by atoms with Gasteiger partial charge in [0.25, 0.3) is 0 Å². The van der Waals surface area contributed by atoms with Crippen molar-refractivity contribution >= 4 is 11.6 Å². The highest BCUT2D eigenvalue weighted by Crippen LogP contribution is 2.29. The van der Waals surface area contributed by atoms with Gasteiger partial charge in [-0.25, -0.2) is 4.98 Å². The molecule has 1 aliphatic carbocycles. The zero-order valence-corrected chi connectivity index (χ0v) is 13.8. The highest BCUT2D eigenvalue weighted by Gasteiger charge is 2.26. The molecule has 1 aromatic heterocycles. The Hall–Kier alpha value is -0.540. The molecule has 2 N–H and O–H groups in total. The van der Waals surface area contributed by atoms with Gasteiger partial charge in [-0.05, 0) is 24.7 Å². The van der Waals surface area contributed by atoms with Gasteiger partial charge in [-0.15, -0.1) is 0 Å². The Morgan fingerprint density at radius 1 is 1.35 bits per heavy atom. The fourth-order valence-corrected chi connectivity index (χ4v) is 3.34. The molecule has 0 aromatic carbocycles. The third-order valence-corrected chi connectivity index (χ3v) is 5.10. The molecule has 1 aromatic rings. The van der Waals surface area contributed by atoms with Gasteiger partial charge in [-0.1, -0.05) is 51.6 Å². The normalized spacial score (nSPS) is 26.9. The van der Waals surface area contributed by atoms with Crippen LogP contribution in [0.1, 0.15) is 64.4 Å². The number of aromatic amines is 1. The second-order valence-corrected chi connectivity index (χ2v) is 6.67. The maximum atomic E-state index is 6.22. The summed E-state index contributed by atoms with van der Waals surface area (Å²) in [5, 5.41) is 4.31. The second-order valence-electron chi connectivity index (χ2n) is 6.31. The van der Waals surface area contributed by atoms with Gasteiger partial charge >= 0.3 is 0 Å². The van der Waals surface area contributed by atoms with E-state index in [9.17, 15) is 0 Å². The number of aryl methyl sites for hydroxylation is 1. The zero-order chi connectivity index (χ0) is 14.5. The van der Waals surface area contributed by atoms with Crippen LogP contribution < -0.4 is 5.32 Å². The molecule has 1 heterocycles. The van der Waals surface area contributed by atoms with Crippen molar-refractivity contribution in [3.05, 3.63) is 16.7 Å². The predicted molar refractivity (Wildman–Crippen MR) is 85.0 cm³/mol. The lowest BCUT2D eigenvalue weighted by molar-refractivity contribution is 0.205. The summed E-state index contributed by atoms with van der Waals surface area (Å²) in [4.78, 5) is 7.79. The largest absolute Gasteiger partial charge is 0.344 e. The minimum Gasteiger partial charge on any atom is -0.344 e. The fourth-order valence-electron chi connectivity index (χ4n) is 3.12. The fraction of sp³-hybridized carbons (Fsp3) is 0.812. The smallest absolute Gasteiger partial charge is 0.151 e. The van der Waals surface area contributed by atoms with Crippen molar-refractivity contribution in [2.45, 2.75) is 71.9 Å². The molecule has 0 saturated heterocycles. The van der Waals surface area contributed by atoms with Gasteiger partial charge in [0, 0.05) is 19.0 Å². The number of hydrogen-bond donors (Lipinski definition) is 2. The van der Waals surface area contributed by atoms with Crippen molar-refractivity contribution in [1.29, 1.82) is 0 Å². The lowest BCUT2D eigenvalue weighted by Crippen LogP contribution is -2.40. The first-order valence-electron chi connectivity index (χ1n) is 8.08. The number of nitrogens with one attached hydrogen (secondary N) is 2. The number of rotatable bonds is 6. The average Bonchev–Trinajstić information content (AvgIpc) is 2.79. The van der Waals surface area contributed by atoms with Crippen LogP contribution >= 0.6 is 11.6 Å². The van der Waals surface area contributed by atoms with Crippen molar-refractivity contribution in [2.75, 3.05) is 0 Å². The number of imidazole rings is 1. The number of nitrogens with zero attached hydrogens (tertiary/aromatic N) is 1. The minimum atomic E-state index is 0.609. The molecule has 4 heteroatoms. The molecule has 0 spiro atoms. The van der Waals surface area contributed by atoms with Gasteiger partial charge in [0.05, 0.1) is 5.69 Å². The number of unbranched alkanes of at least 4 members (excludes halogenated alkanes) is 1. The first kappa shape index (κ1) is 15.8. The Bertz CT molecular complexity index is 416. The molecular weight excluding hydrogens is 270 g/mol.